The highest BCUT2D eigenvalue weighted by atomic mass is 32.2. The summed E-state index contributed by atoms with van der Waals surface area (Å²) in [6.07, 6.45) is 0.428. The number of non-ortho nitro benzene ring substituents is 1. The first-order valence-electron chi connectivity index (χ1n) is 5.65. The predicted molar refractivity (Wildman–Crippen MR) is 67.7 cm³/mol. The third-order valence-electron chi connectivity index (χ3n) is 2.46. The van der Waals surface area contributed by atoms with Crippen molar-refractivity contribution in [2.75, 3.05) is 13.1 Å². The van der Waals surface area contributed by atoms with Crippen molar-refractivity contribution in [3.05, 3.63) is 34.1 Å². The normalized spacial score (nSPS) is 11.3. The average Bonchev–Trinajstić information content (AvgIpc) is 2.38. The Morgan fingerprint density at radius 2 is 2.15 bits per heavy atom. The third-order valence-corrected chi connectivity index (χ3v) is 4.32. The summed E-state index contributed by atoms with van der Waals surface area (Å²) in [5.74, 6) is -1.09. The number of nitro groups is 1. The molecule has 20 heavy (non-hydrogen) atoms. The van der Waals surface area contributed by atoms with Crippen molar-refractivity contribution in [2.45, 2.75) is 18.2 Å². The minimum absolute atomic E-state index is 0.0258. The summed E-state index contributed by atoms with van der Waals surface area (Å²) in [4.78, 5) is 9.03. The molecule has 0 fully saturated rings. The van der Waals surface area contributed by atoms with E-state index in [0.29, 0.717) is 12.5 Å². The standard InChI is InChI=1S/C11H12FN3O4S/c1-2-6-14(7-5-13)20(18,19)11-8-9(15(16)17)3-4-10(11)12/h3-4,8H,2,6-7H2,1H3. The van der Waals surface area contributed by atoms with Crippen LogP contribution in [0.3, 0.4) is 0 Å². The predicted octanol–water partition coefficient (Wildman–Crippen LogP) is 1.66. The van der Waals surface area contributed by atoms with Gasteiger partial charge in [0.1, 0.15) is 17.3 Å². The Labute approximate surface area is 115 Å². The van der Waals surface area contributed by atoms with Gasteiger partial charge < -0.3 is 0 Å². The summed E-state index contributed by atoms with van der Waals surface area (Å²) < 4.78 is 38.9. The van der Waals surface area contributed by atoms with Gasteiger partial charge in [-0.2, -0.15) is 9.57 Å². The summed E-state index contributed by atoms with van der Waals surface area (Å²) in [5.41, 5.74) is -0.529. The van der Waals surface area contributed by atoms with Gasteiger partial charge >= 0.3 is 0 Å². The maximum Gasteiger partial charge on any atom is 0.270 e. The van der Waals surface area contributed by atoms with Crippen molar-refractivity contribution in [3.63, 3.8) is 0 Å². The largest absolute Gasteiger partial charge is 0.270 e. The molecule has 108 valence electrons. The zero-order chi connectivity index (χ0) is 15.3. The zero-order valence-corrected chi connectivity index (χ0v) is 11.4. The molecule has 0 heterocycles. The Bertz CT molecular complexity index is 654. The van der Waals surface area contributed by atoms with Gasteiger partial charge in [0, 0.05) is 18.7 Å². The van der Waals surface area contributed by atoms with Gasteiger partial charge in [-0.3, -0.25) is 10.1 Å². The lowest BCUT2D eigenvalue weighted by Gasteiger charge is -2.18. The van der Waals surface area contributed by atoms with Gasteiger partial charge in [-0.25, -0.2) is 12.8 Å². The molecule has 0 aromatic heterocycles. The van der Waals surface area contributed by atoms with Gasteiger partial charge in [0.15, 0.2) is 0 Å². The van der Waals surface area contributed by atoms with E-state index in [1.165, 1.54) is 0 Å². The van der Waals surface area contributed by atoms with Crippen molar-refractivity contribution in [1.29, 1.82) is 5.26 Å². The van der Waals surface area contributed by atoms with E-state index in [1.54, 1.807) is 13.0 Å². The van der Waals surface area contributed by atoms with Crippen LogP contribution in [0.5, 0.6) is 0 Å². The smallest absolute Gasteiger partial charge is 0.258 e. The number of sulfonamides is 1. The molecule has 0 atom stereocenters. The molecule has 0 saturated heterocycles. The number of hydrogen-bond donors (Lipinski definition) is 0. The fraction of sp³-hybridized carbons (Fsp3) is 0.364. The van der Waals surface area contributed by atoms with E-state index >= 15 is 0 Å². The van der Waals surface area contributed by atoms with Crippen LogP contribution in [0.15, 0.2) is 23.1 Å². The Morgan fingerprint density at radius 1 is 1.50 bits per heavy atom. The fourth-order valence-electron chi connectivity index (χ4n) is 1.55. The highest BCUT2D eigenvalue weighted by molar-refractivity contribution is 7.89. The topological polar surface area (TPSA) is 104 Å². The minimum atomic E-state index is -4.28. The molecule has 0 aliphatic heterocycles. The van der Waals surface area contributed by atoms with E-state index in [1.807, 2.05) is 0 Å². The van der Waals surface area contributed by atoms with Crippen LogP contribution in [0.4, 0.5) is 10.1 Å². The summed E-state index contributed by atoms with van der Waals surface area (Å²) >= 11 is 0. The second-order valence-electron chi connectivity index (χ2n) is 3.87. The highest BCUT2D eigenvalue weighted by Gasteiger charge is 2.28. The van der Waals surface area contributed by atoms with Crippen molar-refractivity contribution in [2.24, 2.45) is 0 Å². The van der Waals surface area contributed by atoms with Crippen LogP contribution >= 0.6 is 0 Å². The van der Waals surface area contributed by atoms with E-state index in [4.69, 9.17) is 5.26 Å². The first kappa shape index (κ1) is 16.0. The zero-order valence-electron chi connectivity index (χ0n) is 10.6. The third kappa shape index (κ3) is 3.28. The number of nitrogens with zero attached hydrogens (tertiary/aromatic N) is 3. The molecule has 1 aromatic rings. The molecule has 0 aliphatic carbocycles. The first-order chi connectivity index (χ1) is 9.34. The monoisotopic (exact) mass is 301 g/mol. The van der Waals surface area contributed by atoms with Crippen LogP contribution in [0.1, 0.15) is 13.3 Å². The van der Waals surface area contributed by atoms with Gasteiger partial charge in [-0.1, -0.05) is 6.92 Å². The summed E-state index contributed by atoms with van der Waals surface area (Å²) in [6, 6.07) is 3.93. The lowest BCUT2D eigenvalue weighted by molar-refractivity contribution is -0.385. The van der Waals surface area contributed by atoms with Crippen LogP contribution in [0.25, 0.3) is 0 Å². The van der Waals surface area contributed by atoms with Crippen LogP contribution in [0, 0.1) is 27.3 Å². The second-order valence-corrected chi connectivity index (χ2v) is 5.77. The van der Waals surface area contributed by atoms with Crippen LogP contribution in [0.2, 0.25) is 0 Å². The number of halogens is 1. The average molecular weight is 301 g/mol. The number of nitriles is 1. The quantitative estimate of drug-likeness (QED) is 0.451. The Hall–Kier alpha value is -2.05. The molecule has 0 radical (unpaired) electrons. The maximum absolute atomic E-state index is 13.7. The summed E-state index contributed by atoms with van der Waals surface area (Å²) in [5, 5.41) is 19.3. The molecule has 0 aliphatic rings. The van der Waals surface area contributed by atoms with Gasteiger partial charge in [-0.05, 0) is 12.5 Å². The van der Waals surface area contributed by atoms with E-state index in [-0.39, 0.29) is 6.54 Å². The van der Waals surface area contributed by atoms with E-state index < -0.39 is 37.9 Å². The Morgan fingerprint density at radius 3 is 2.65 bits per heavy atom. The van der Waals surface area contributed by atoms with Crippen molar-refractivity contribution >= 4 is 15.7 Å². The second kappa shape index (κ2) is 6.40. The molecule has 0 amide bonds. The Kier molecular flexibility index (Phi) is 5.12. The molecule has 0 unspecified atom stereocenters. The molecule has 0 N–H and O–H groups in total. The lowest BCUT2D eigenvalue weighted by Crippen LogP contribution is -2.32. The van der Waals surface area contributed by atoms with Crippen LogP contribution in [-0.4, -0.2) is 30.7 Å². The van der Waals surface area contributed by atoms with Crippen LogP contribution < -0.4 is 0 Å². The highest BCUT2D eigenvalue weighted by Crippen LogP contribution is 2.24. The molecular formula is C11H12FN3O4S. The minimum Gasteiger partial charge on any atom is -0.258 e. The van der Waals surface area contributed by atoms with Gasteiger partial charge in [-0.15, -0.1) is 0 Å². The Balaban J connectivity index is 3.36. The molecule has 0 bridgehead atoms. The molecule has 0 saturated carbocycles. The SMILES string of the molecule is CCCN(CC#N)S(=O)(=O)c1cc([N+](=O)[O-])ccc1F. The van der Waals surface area contributed by atoms with Gasteiger partial charge in [0.2, 0.25) is 10.0 Å². The molecule has 7 nitrogen and oxygen atoms in total. The molecule has 0 spiro atoms. The fourth-order valence-corrected chi connectivity index (χ4v) is 3.07. The van der Waals surface area contributed by atoms with Crippen molar-refractivity contribution < 1.29 is 17.7 Å². The summed E-state index contributed by atoms with van der Waals surface area (Å²) in [7, 11) is -4.28. The number of benzene rings is 1. The first-order valence-corrected chi connectivity index (χ1v) is 7.09. The van der Waals surface area contributed by atoms with Gasteiger partial charge in [0.25, 0.3) is 5.69 Å². The molecule has 9 heteroatoms. The number of rotatable bonds is 6. The maximum atomic E-state index is 13.7. The lowest BCUT2D eigenvalue weighted by atomic mass is 10.3. The number of hydrogen-bond acceptors (Lipinski definition) is 5. The van der Waals surface area contributed by atoms with Gasteiger partial charge in [0.05, 0.1) is 11.0 Å². The number of nitro benzene ring substituents is 1. The molecule has 1 rings (SSSR count). The van der Waals surface area contributed by atoms with Crippen molar-refractivity contribution in [3.8, 4) is 6.07 Å². The summed E-state index contributed by atoms with van der Waals surface area (Å²) in [6.45, 7) is 1.28. The van der Waals surface area contributed by atoms with Crippen LogP contribution in [-0.2, 0) is 10.0 Å². The van der Waals surface area contributed by atoms with E-state index in [9.17, 15) is 22.9 Å². The molecular weight excluding hydrogens is 289 g/mol. The molecule has 1 aromatic carbocycles. The van der Waals surface area contributed by atoms with E-state index in [0.717, 1.165) is 16.4 Å². The van der Waals surface area contributed by atoms with Crippen molar-refractivity contribution in [1.82, 2.24) is 4.31 Å². The van der Waals surface area contributed by atoms with E-state index in [2.05, 4.69) is 0 Å².